The molecule has 0 saturated heterocycles. The average molecular weight is 371 g/mol. The summed E-state index contributed by atoms with van der Waals surface area (Å²) < 4.78 is 0. The van der Waals surface area contributed by atoms with E-state index >= 15 is 0 Å². The number of aliphatic hydroxyl groups is 3. The van der Waals surface area contributed by atoms with Crippen molar-refractivity contribution in [3.8, 4) is 11.8 Å². The van der Waals surface area contributed by atoms with E-state index in [-0.39, 0.29) is 17.4 Å². The number of fused-ring (bicyclic) bond motifs is 5. The van der Waals surface area contributed by atoms with Crippen molar-refractivity contribution in [1.82, 2.24) is 0 Å². The Labute approximate surface area is 163 Å². The summed E-state index contributed by atoms with van der Waals surface area (Å²) in [6.07, 6.45) is 6.39. The van der Waals surface area contributed by atoms with Crippen molar-refractivity contribution in [2.75, 3.05) is 6.61 Å². The summed E-state index contributed by atoms with van der Waals surface area (Å²) >= 11 is 0. The second-order valence-electron chi connectivity index (χ2n) is 10.0. The second kappa shape index (κ2) is 6.21. The fourth-order valence-electron chi connectivity index (χ4n) is 7.63. The molecule has 0 aromatic carbocycles. The zero-order valence-electron chi connectivity index (χ0n) is 16.8. The minimum absolute atomic E-state index is 0.0119. The van der Waals surface area contributed by atoms with Crippen LogP contribution in [0.25, 0.3) is 0 Å². The summed E-state index contributed by atoms with van der Waals surface area (Å²) in [6, 6.07) is 0. The molecule has 0 aliphatic heterocycles. The van der Waals surface area contributed by atoms with Crippen molar-refractivity contribution in [3.05, 3.63) is 24.3 Å². The molecule has 0 spiro atoms. The van der Waals surface area contributed by atoms with Gasteiger partial charge in [0.05, 0.1) is 6.10 Å². The number of hydrogen-bond donors (Lipinski definition) is 3. The molecule has 0 amide bonds. The monoisotopic (exact) mass is 370 g/mol. The van der Waals surface area contributed by atoms with Crippen LogP contribution in [0.15, 0.2) is 24.3 Å². The van der Waals surface area contributed by atoms with Crippen LogP contribution in [-0.2, 0) is 0 Å². The molecule has 3 heteroatoms. The Hall–Kier alpha value is -1.08. The van der Waals surface area contributed by atoms with Crippen molar-refractivity contribution >= 4 is 0 Å². The fraction of sp³-hybridized carbons (Fsp3) is 0.750. The molecular weight excluding hydrogens is 336 g/mol. The predicted molar refractivity (Wildman–Crippen MR) is 107 cm³/mol. The molecule has 0 aromatic rings. The first-order chi connectivity index (χ1) is 12.7. The first-order valence-electron chi connectivity index (χ1n) is 10.6. The Bertz CT molecular complexity index is 730. The predicted octanol–water partition coefficient (Wildman–Crippen LogP) is 3.45. The maximum atomic E-state index is 11.3. The molecule has 8 atom stereocenters. The number of aliphatic hydroxyl groups excluding tert-OH is 2. The van der Waals surface area contributed by atoms with Crippen molar-refractivity contribution < 1.29 is 15.3 Å². The van der Waals surface area contributed by atoms with Gasteiger partial charge in [0.1, 0.15) is 12.2 Å². The van der Waals surface area contributed by atoms with Gasteiger partial charge in [-0.2, -0.15) is 0 Å². The van der Waals surface area contributed by atoms with E-state index in [1.165, 1.54) is 6.42 Å². The van der Waals surface area contributed by atoms with Gasteiger partial charge in [0, 0.05) is 5.41 Å². The number of rotatable bonds is 0. The average Bonchev–Trinajstić information content (AvgIpc) is 2.91. The molecule has 0 radical (unpaired) electrons. The van der Waals surface area contributed by atoms with Crippen LogP contribution in [0.1, 0.15) is 58.8 Å². The van der Waals surface area contributed by atoms with Crippen LogP contribution in [0.4, 0.5) is 0 Å². The second-order valence-corrected chi connectivity index (χ2v) is 10.0. The first kappa shape index (κ1) is 19.2. The zero-order chi connectivity index (χ0) is 19.6. The zero-order valence-corrected chi connectivity index (χ0v) is 16.8. The maximum absolute atomic E-state index is 11.3. The van der Waals surface area contributed by atoms with E-state index in [4.69, 9.17) is 5.11 Å². The van der Waals surface area contributed by atoms with Gasteiger partial charge in [-0.25, -0.2) is 0 Å². The first-order valence-corrected chi connectivity index (χ1v) is 10.6. The highest BCUT2D eigenvalue weighted by atomic mass is 16.3. The van der Waals surface area contributed by atoms with Crippen LogP contribution in [0, 0.1) is 46.3 Å². The van der Waals surface area contributed by atoms with Crippen molar-refractivity contribution in [3.63, 3.8) is 0 Å². The van der Waals surface area contributed by atoms with Gasteiger partial charge in [-0.3, -0.25) is 0 Å². The Morgan fingerprint density at radius 3 is 2.48 bits per heavy atom. The van der Waals surface area contributed by atoms with Gasteiger partial charge < -0.3 is 15.3 Å². The van der Waals surface area contributed by atoms with Crippen LogP contribution in [-0.4, -0.2) is 33.6 Å². The third-order valence-corrected chi connectivity index (χ3v) is 9.38. The van der Waals surface area contributed by atoms with Crippen molar-refractivity contribution in [1.29, 1.82) is 0 Å². The molecule has 3 N–H and O–H groups in total. The largest absolute Gasteiger partial charge is 0.388 e. The summed E-state index contributed by atoms with van der Waals surface area (Å²) in [6.45, 7) is 13.0. The normalized spacial score (nSPS) is 51.7. The number of hydrogen-bond acceptors (Lipinski definition) is 3. The van der Waals surface area contributed by atoms with Gasteiger partial charge in [0.15, 0.2) is 0 Å². The van der Waals surface area contributed by atoms with Gasteiger partial charge in [-0.1, -0.05) is 38.8 Å². The van der Waals surface area contributed by atoms with E-state index in [9.17, 15) is 10.2 Å². The standard InChI is InChI=1S/C24H34O3/c1-15-16(2)23(4)17(14-21(15)26)6-7-18-19-9-12-24(27,10-5-13-25)22(19,3)11-8-20(18)23/h17-21,25-27H,1-2,6-9,11-14H2,3-4H3/t17?,18-,19-,20+,21?,22-,23-,24?/m0/s1. The fourth-order valence-corrected chi connectivity index (χ4v) is 7.63. The molecule has 27 heavy (non-hydrogen) atoms. The lowest BCUT2D eigenvalue weighted by atomic mass is 9.43. The van der Waals surface area contributed by atoms with Crippen LogP contribution < -0.4 is 0 Å². The molecule has 4 fully saturated rings. The minimum atomic E-state index is -0.980. The summed E-state index contributed by atoms with van der Waals surface area (Å²) in [4.78, 5) is 0. The molecule has 0 bridgehead atoms. The lowest BCUT2D eigenvalue weighted by Crippen LogP contribution is -2.57. The molecule has 4 aliphatic carbocycles. The molecule has 4 saturated carbocycles. The van der Waals surface area contributed by atoms with E-state index in [0.29, 0.717) is 30.1 Å². The molecule has 148 valence electrons. The third-order valence-electron chi connectivity index (χ3n) is 9.38. The smallest absolute Gasteiger partial charge is 0.131 e. The van der Waals surface area contributed by atoms with E-state index < -0.39 is 11.7 Å². The quantitative estimate of drug-likeness (QED) is 0.573. The highest BCUT2D eigenvalue weighted by Crippen LogP contribution is 2.69. The Morgan fingerprint density at radius 2 is 1.78 bits per heavy atom. The molecule has 0 aromatic heterocycles. The lowest BCUT2D eigenvalue weighted by Gasteiger charge is -2.62. The maximum Gasteiger partial charge on any atom is 0.131 e. The summed E-state index contributed by atoms with van der Waals surface area (Å²) in [7, 11) is 0. The van der Waals surface area contributed by atoms with Crippen LogP contribution in [0.5, 0.6) is 0 Å². The molecular formula is C24H34O3. The van der Waals surface area contributed by atoms with E-state index in [0.717, 1.165) is 43.3 Å². The SMILES string of the molecule is C=C1C(=C)[C@@]2(C)C(CC[C@@H]3[C@H]2CC[C@@]2(C)[C@H]3CCC2(O)C#CCO)CC1O. The Morgan fingerprint density at radius 1 is 1.07 bits per heavy atom. The molecule has 0 heterocycles. The van der Waals surface area contributed by atoms with E-state index in [2.05, 4.69) is 38.8 Å². The Kier molecular flexibility index (Phi) is 4.43. The molecule has 4 aliphatic rings. The van der Waals surface area contributed by atoms with Crippen LogP contribution >= 0.6 is 0 Å². The van der Waals surface area contributed by atoms with Gasteiger partial charge in [0.2, 0.25) is 0 Å². The molecule has 3 unspecified atom stereocenters. The van der Waals surface area contributed by atoms with E-state index in [1.54, 1.807) is 0 Å². The van der Waals surface area contributed by atoms with Gasteiger partial charge in [-0.05, 0) is 85.2 Å². The minimum Gasteiger partial charge on any atom is -0.388 e. The van der Waals surface area contributed by atoms with Crippen molar-refractivity contribution in [2.45, 2.75) is 70.5 Å². The third kappa shape index (κ3) is 2.40. The summed E-state index contributed by atoms with van der Waals surface area (Å²) in [5.74, 6) is 7.80. The highest BCUT2D eigenvalue weighted by molar-refractivity contribution is 5.40. The summed E-state index contributed by atoms with van der Waals surface area (Å²) in [5, 5.41) is 30.9. The van der Waals surface area contributed by atoms with Crippen LogP contribution in [0.2, 0.25) is 0 Å². The van der Waals surface area contributed by atoms with Gasteiger partial charge in [-0.15, -0.1) is 0 Å². The van der Waals surface area contributed by atoms with Crippen molar-refractivity contribution in [2.24, 2.45) is 34.5 Å². The highest BCUT2D eigenvalue weighted by Gasteiger charge is 2.65. The summed E-state index contributed by atoms with van der Waals surface area (Å²) in [5.41, 5.74) is 0.730. The topological polar surface area (TPSA) is 60.7 Å². The Balaban J connectivity index is 1.68. The molecule has 4 rings (SSSR count). The van der Waals surface area contributed by atoms with Gasteiger partial charge >= 0.3 is 0 Å². The van der Waals surface area contributed by atoms with Gasteiger partial charge in [0.25, 0.3) is 0 Å². The molecule has 3 nitrogen and oxygen atoms in total. The van der Waals surface area contributed by atoms with E-state index in [1.807, 2.05) is 0 Å². The lowest BCUT2D eigenvalue weighted by molar-refractivity contribution is -0.122. The van der Waals surface area contributed by atoms with Crippen LogP contribution in [0.3, 0.4) is 0 Å².